The molecule has 19 heavy (non-hydrogen) atoms. The number of nitrogens with one attached hydrogen (secondary N) is 2. The quantitative estimate of drug-likeness (QED) is 0.863. The van der Waals surface area contributed by atoms with E-state index in [4.69, 9.17) is 0 Å². The molecule has 1 atom stereocenters. The number of hydrogen-bond acceptors (Lipinski definition) is 5. The normalized spacial score (nSPS) is 23.6. The van der Waals surface area contributed by atoms with Gasteiger partial charge in [0.25, 0.3) is 0 Å². The van der Waals surface area contributed by atoms with Crippen LogP contribution in [-0.4, -0.2) is 42.2 Å². The molecule has 2 aliphatic rings. The van der Waals surface area contributed by atoms with E-state index >= 15 is 0 Å². The highest BCUT2D eigenvalue weighted by Gasteiger charge is 2.15. The Labute approximate surface area is 114 Å². The average molecular weight is 261 g/mol. The Bertz CT molecular complexity index is 397. The second kappa shape index (κ2) is 6.19. The molecule has 1 aromatic rings. The zero-order valence-corrected chi connectivity index (χ0v) is 11.4. The Morgan fingerprint density at radius 3 is 2.89 bits per heavy atom. The summed E-state index contributed by atoms with van der Waals surface area (Å²) < 4.78 is 0. The van der Waals surface area contributed by atoms with Crippen molar-refractivity contribution in [1.82, 2.24) is 15.3 Å². The van der Waals surface area contributed by atoms with Crippen LogP contribution < -0.4 is 15.5 Å². The molecular weight excluding hydrogens is 238 g/mol. The van der Waals surface area contributed by atoms with Crippen LogP contribution in [-0.2, 0) is 0 Å². The molecule has 3 heterocycles. The summed E-state index contributed by atoms with van der Waals surface area (Å²) in [7, 11) is 0. The minimum atomic E-state index is 0.591. The van der Waals surface area contributed by atoms with Crippen LogP contribution >= 0.6 is 0 Å². The summed E-state index contributed by atoms with van der Waals surface area (Å²) in [4.78, 5) is 11.1. The lowest BCUT2D eigenvalue weighted by molar-refractivity contribution is 0.573. The summed E-state index contributed by atoms with van der Waals surface area (Å²) in [6, 6.07) is 2.67. The second-order valence-corrected chi connectivity index (χ2v) is 5.48. The lowest BCUT2D eigenvalue weighted by atomic mass is 10.1. The SMILES string of the molecule is c1nc(NCC2CCCN2)cc(N2CCCCC2)n1. The Morgan fingerprint density at radius 1 is 1.21 bits per heavy atom. The van der Waals surface area contributed by atoms with Crippen molar-refractivity contribution in [3.8, 4) is 0 Å². The largest absolute Gasteiger partial charge is 0.368 e. The zero-order valence-electron chi connectivity index (χ0n) is 11.4. The van der Waals surface area contributed by atoms with Crippen LogP contribution in [0.5, 0.6) is 0 Å². The molecular formula is C14H23N5. The Balaban J connectivity index is 1.58. The molecule has 0 radical (unpaired) electrons. The molecule has 2 aliphatic heterocycles. The molecule has 104 valence electrons. The van der Waals surface area contributed by atoms with Gasteiger partial charge < -0.3 is 15.5 Å². The van der Waals surface area contributed by atoms with E-state index in [1.807, 2.05) is 0 Å². The van der Waals surface area contributed by atoms with Gasteiger partial charge in [-0.25, -0.2) is 9.97 Å². The molecule has 2 N–H and O–H groups in total. The summed E-state index contributed by atoms with van der Waals surface area (Å²) in [5, 5.41) is 6.91. The van der Waals surface area contributed by atoms with Crippen molar-refractivity contribution in [3.05, 3.63) is 12.4 Å². The number of aromatic nitrogens is 2. The van der Waals surface area contributed by atoms with Crippen LogP contribution in [0.2, 0.25) is 0 Å². The Morgan fingerprint density at radius 2 is 2.11 bits per heavy atom. The van der Waals surface area contributed by atoms with Gasteiger partial charge in [0.2, 0.25) is 0 Å². The lowest BCUT2D eigenvalue weighted by Crippen LogP contribution is -2.31. The molecule has 2 fully saturated rings. The molecule has 0 bridgehead atoms. The summed E-state index contributed by atoms with van der Waals surface area (Å²) in [6.45, 7) is 4.35. The first-order valence-electron chi connectivity index (χ1n) is 7.46. The maximum atomic E-state index is 4.40. The van der Waals surface area contributed by atoms with Crippen molar-refractivity contribution in [2.24, 2.45) is 0 Å². The second-order valence-electron chi connectivity index (χ2n) is 5.48. The van der Waals surface area contributed by atoms with E-state index in [-0.39, 0.29) is 0 Å². The third-order valence-electron chi connectivity index (χ3n) is 4.02. The molecule has 1 aromatic heterocycles. The van der Waals surface area contributed by atoms with Gasteiger partial charge in [-0.15, -0.1) is 0 Å². The number of piperidine rings is 1. The number of anilines is 2. The highest BCUT2D eigenvalue weighted by molar-refractivity contribution is 5.48. The van der Waals surface area contributed by atoms with E-state index < -0.39 is 0 Å². The highest BCUT2D eigenvalue weighted by Crippen LogP contribution is 2.19. The summed E-state index contributed by atoms with van der Waals surface area (Å²) in [5.74, 6) is 2.01. The van der Waals surface area contributed by atoms with Gasteiger partial charge in [0.05, 0.1) is 0 Å². The molecule has 0 amide bonds. The molecule has 1 unspecified atom stereocenters. The molecule has 0 aliphatic carbocycles. The summed E-state index contributed by atoms with van der Waals surface area (Å²) in [5.41, 5.74) is 0. The van der Waals surface area contributed by atoms with Crippen LogP contribution in [0.15, 0.2) is 12.4 Å². The van der Waals surface area contributed by atoms with Crippen molar-refractivity contribution in [2.45, 2.75) is 38.1 Å². The van der Waals surface area contributed by atoms with Gasteiger partial charge in [-0.3, -0.25) is 0 Å². The van der Waals surface area contributed by atoms with Crippen molar-refractivity contribution in [1.29, 1.82) is 0 Å². The van der Waals surface area contributed by atoms with E-state index in [1.165, 1.54) is 32.1 Å². The number of rotatable bonds is 4. The fourth-order valence-corrected chi connectivity index (χ4v) is 2.90. The van der Waals surface area contributed by atoms with Crippen molar-refractivity contribution in [2.75, 3.05) is 36.4 Å². The van der Waals surface area contributed by atoms with Crippen molar-refractivity contribution >= 4 is 11.6 Å². The molecule has 0 aromatic carbocycles. The van der Waals surface area contributed by atoms with Gasteiger partial charge in [-0.05, 0) is 38.6 Å². The third-order valence-corrected chi connectivity index (χ3v) is 4.02. The number of nitrogens with zero attached hydrogens (tertiary/aromatic N) is 3. The van der Waals surface area contributed by atoms with Gasteiger partial charge in [0, 0.05) is 31.7 Å². The predicted octanol–water partition coefficient (Wildman–Crippen LogP) is 1.63. The summed E-state index contributed by atoms with van der Waals surface area (Å²) in [6.07, 6.45) is 8.12. The Kier molecular flexibility index (Phi) is 4.13. The van der Waals surface area contributed by atoms with Crippen LogP contribution in [0.4, 0.5) is 11.6 Å². The molecule has 0 saturated carbocycles. The van der Waals surface area contributed by atoms with E-state index in [9.17, 15) is 0 Å². The maximum absolute atomic E-state index is 4.40. The van der Waals surface area contributed by atoms with Crippen molar-refractivity contribution < 1.29 is 0 Å². The highest BCUT2D eigenvalue weighted by atomic mass is 15.2. The third kappa shape index (κ3) is 3.35. The number of hydrogen-bond donors (Lipinski definition) is 2. The van der Waals surface area contributed by atoms with Gasteiger partial charge in [-0.1, -0.05) is 0 Å². The topological polar surface area (TPSA) is 53.1 Å². The molecule has 0 spiro atoms. The predicted molar refractivity (Wildman–Crippen MR) is 77.6 cm³/mol. The molecule has 5 nitrogen and oxygen atoms in total. The summed E-state index contributed by atoms with van der Waals surface area (Å²) >= 11 is 0. The maximum Gasteiger partial charge on any atom is 0.134 e. The lowest BCUT2D eigenvalue weighted by Gasteiger charge is -2.27. The average Bonchev–Trinajstić information content (AvgIpc) is 3.00. The van der Waals surface area contributed by atoms with E-state index in [2.05, 4.69) is 31.6 Å². The minimum Gasteiger partial charge on any atom is -0.368 e. The van der Waals surface area contributed by atoms with Crippen molar-refractivity contribution in [3.63, 3.8) is 0 Å². The standard InChI is InChI=1S/C14H23N5/c1-2-7-19(8-3-1)14-9-13(17-11-18-14)16-10-12-5-4-6-15-12/h9,11-12,15H,1-8,10H2,(H,16,17,18). The van der Waals surface area contributed by atoms with E-state index in [0.717, 1.165) is 37.8 Å². The first kappa shape index (κ1) is 12.7. The van der Waals surface area contributed by atoms with Gasteiger partial charge in [-0.2, -0.15) is 0 Å². The Hall–Kier alpha value is -1.36. The first-order valence-corrected chi connectivity index (χ1v) is 7.46. The van der Waals surface area contributed by atoms with Gasteiger partial charge in [0.15, 0.2) is 0 Å². The van der Waals surface area contributed by atoms with Crippen LogP contribution in [0.3, 0.4) is 0 Å². The van der Waals surface area contributed by atoms with Crippen LogP contribution in [0, 0.1) is 0 Å². The van der Waals surface area contributed by atoms with E-state index in [1.54, 1.807) is 6.33 Å². The fraction of sp³-hybridized carbons (Fsp3) is 0.714. The first-order chi connectivity index (χ1) is 9.42. The minimum absolute atomic E-state index is 0.591. The monoisotopic (exact) mass is 261 g/mol. The van der Waals surface area contributed by atoms with E-state index in [0.29, 0.717) is 6.04 Å². The van der Waals surface area contributed by atoms with Gasteiger partial charge >= 0.3 is 0 Å². The fourth-order valence-electron chi connectivity index (χ4n) is 2.90. The van der Waals surface area contributed by atoms with Crippen LogP contribution in [0.25, 0.3) is 0 Å². The molecule has 5 heteroatoms. The van der Waals surface area contributed by atoms with Crippen LogP contribution in [0.1, 0.15) is 32.1 Å². The molecule has 3 rings (SSSR count). The smallest absolute Gasteiger partial charge is 0.134 e. The zero-order chi connectivity index (χ0) is 12.9. The van der Waals surface area contributed by atoms with Gasteiger partial charge in [0.1, 0.15) is 18.0 Å². The molecule has 2 saturated heterocycles.